The molecule has 1 heterocycles. The predicted molar refractivity (Wildman–Crippen MR) is 66.4 cm³/mol. The van der Waals surface area contributed by atoms with E-state index >= 15 is 0 Å². The Bertz CT molecular complexity index is 410. The third kappa shape index (κ3) is 3.01. The van der Waals surface area contributed by atoms with Crippen LogP contribution < -0.4 is 4.74 Å². The molecule has 2 unspecified atom stereocenters. The highest BCUT2D eigenvalue weighted by Gasteiger charge is 2.47. The lowest BCUT2D eigenvalue weighted by atomic mass is 10.1. The maximum atomic E-state index is 11.6. The number of benzene rings is 1. The molecule has 4 heteroatoms. The van der Waals surface area contributed by atoms with Crippen LogP contribution in [0.3, 0.4) is 0 Å². The molecule has 4 nitrogen and oxygen atoms in total. The number of carbonyl (C=O) groups is 1. The van der Waals surface area contributed by atoms with Crippen molar-refractivity contribution in [2.45, 2.75) is 26.1 Å². The van der Waals surface area contributed by atoms with E-state index in [4.69, 9.17) is 14.2 Å². The Balaban J connectivity index is 1.88. The fourth-order valence-corrected chi connectivity index (χ4v) is 1.67. The summed E-state index contributed by atoms with van der Waals surface area (Å²) in [5.74, 6) is 0.856. The summed E-state index contributed by atoms with van der Waals surface area (Å²) in [5.41, 5.74) is 0.974. The largest absolute Gasteiger partial charge is 0.497 e. The van der Waals surface area contributed by atoms with Gasteiger partial charge >= 0.3 is 5.97 Å². The predicted octanol–water partition coefficient (Wildman–Crippen LogP) is 2.33. The first kappa shape index (κ1) is 12.9. The molecule has 0 aromatic heterocycles. The lowest BCUT2D eigenvalue weighted by molar-refractivity contribution is -0.146. The molecule has 1 saturated heterocycles. The van der Waals surface area contributed by atoms with Crippen LogP contribution in [-0.2, 0) is 14.3 Å². The monoisotopic (exact) mass is 250 g/mol. The first-order valence-electron chi connectivity index (χ1n) is 6.08. The second-order valence-corrected chi connectivity index (χ2v) is 4.77. The average molecular weight is 250 g/mol. The fourth-order valence-electron chi connectivity index (χ4n) is 1.67. The molecular weight excluding hydrogens is 232 g/mol. The SMILES string of the molecule is COc1ccc(C2OC2C(=O)OCC(C)C)cc1. The van der Waals surface area contributed by atoms with Crippen LogP contribution >= 0.6 is 0 Å². The van der Waals surface area contributed by atoms with Gasteiger partial charge in [0.25, 0.3) is 0 Å². The third-order valence-corrected chi connectivity index (χ3v) is 2.73. The number of hydrogen-bond donors (Lipinski definition) is 0. The first-order valence-corrected chi connectivity index (χ1v) is 6.08. The zero-order valence-electron chi connectivity index (χ0n) is 10.9. The number of rotatable bonds is 5. The molecule has 1 aromatic carbocycles. The van der Waals surface area contributed by atoms with Crippen LogP contribution in [0.15, 0.2) is 24.3 Å². The van der Waals surface area contributed by atoms with Gasteiger partial charge in [-0.15, -0.1) is 0 Å². The minimum atomic E-state index is -0.447. The Morgan fingerprint density at radius 1 is 1.33 bits per heavy atom. The number of ether oxygens (including phenoxy) is 3. The lowest BCUT2D eigenvalue weighted by Crippen LogP contribution is -2.15. The molecule has 1 aliphatic heterocycles. The van der Waals surface area contributed by atoms with Gasteiger partial charge in [-0.05, 0) is 23.6 Å². The first-order chi connectivity index (χ1) is 8.61. The van der Waals surface area contributed by atoms with Crippen LogP contribution in [0.4, 0.5) is 0 Å². The molecule has 0 bridgehead atoms. The topological polar surface area (TPSA) is 48.1 Å². The Morgan fingerprint density at radius 2 is 2.00 bits per heavy atom. The molecule has 0 aliphatic carbocycles. The van der Waals surface area contributed by atoms with E-state index in [9.17, 15) is 4.79 Å². The van der Waals surface area contributed by atoms with Crippen molar-refractivity contribution in [1.82, 2.24) is 0 Å². The highest BCUT2D eigenvalue weighted by atomic mass is 16.6. The van der Waals surface area contributed by atoms with E-state index in [1.807, 2.05) is 38.1 Å². The summed E-state index contributed by atoms with van der Waals surface area (Å²) in [7, 11) is 1.62. The van der Waals surface area contributed by atoms with E-state index in [0.29, 0.717) is 12.5 Å². The number of methoxy groups -OCH3 is 1. The van der Waals surface area contributed by atoms with Gasteiger partial charge in [0.05, 0.1) is 13.7 Å². The molecule has 0 spiro atoms. The van der Waals surface area contributed by atoms with Crippen molar-refractivity contribution in [3.63, 3.8) is 0 Å². The standard InChI is InChI=1S/C14H18O4/c1-9(2)8-17-14(15)13-12(18-13)10-4-6-11(16-3)7-5-10/h4-7,9,12-13H,8H2,1-3H3. The van der Waals surface area contributed by atoms with Gasteiger partial charge in [0.15, 0.2) is 6.10 Å². The zero-order chi connectivity index (χ0) is 13.1. The van der Waals surface area contributed by atoms with Crippen molar-refractivity contribution in [3.8, 4) is 5.75 Å². The summed E-state index contributed by atoms with van der Waals surface area (Å²) in [6.45, 7) is 4.44. The van der Waals surface area contributed by atoms with E-state index in [2.05, 4.69) is 0 Å². The minimum Gasteiger partial charge on any atom is -0.497 e. The van der Waals surface area contributed by atoms with E-state index in [-0.39, 0.29) is 12.1 Å². The van der Waals surface area contributed by atoms with Crippen molar-refractivity contribution in [1.29, 1.82) is 0 Å². The molecule has 1 aromatic rings. The Hall–Kier alpha value is -1.55. The van der Waals surface area contributed by atoms with Crippen LogP contribution in [0.25, 0.3) is 0 Å². The van der Waals surface area contributed by atoms with Gasteiger partial charge in [0.2, 0.25) is 0 Å². The summed E-state index contributed by atoms with van der Waals surface area (Å²) in [4.78, 5) is 11.6. The van der Waals surface area contributed by atoms with Crippen LogP contribution in [0, 0.1) is 5.92 Å². The highest BCUT2D eigenvalue weighted by molar-refractivity contribution is 5.78. The van der Waals surface area contributed by atoms with Crippen molar-refractivity contribution >= 4 is 5.97 Å². The van der Waals surface area contributed by atoms with Gasteiger partial charge < -0.3 is 14.2 Å². The van der Waals surface area contributed by atoms with Crippen molar-refractivity contribution in [2.75, 3.05) is 13.7 Å². The second-order valence-electron chi connectivity index (χ2n) is 4.77. The molecular formula is C14H18O4. The van der Waals surface area contributed by atoms with E-state index in [0.717, 1.165) is 11.3 Å². The van der Waals surface area contributed by atoms with E-state index in [1.165, 1.54) is 0 Å². The molecule has 0 N–H and O–H groups in total. The smallest absolute Gasteiger partial charge is 0.338 e. The van der Waals surface area contributed by atoms with Crippen molar-refractivity contribution in [2.24, 2.45) is 5.92 Å². The summed E-state index contributed by atoms with van der Waals surface area (Å²) in [6.07, 6.45) is -0.618. The zero-order valence-corrected chi connectivity index (χ0v) is 10.9. The van der Waals surface area contributed by atoms with Crippen LogP contribution in [0.2, 0.25) is 0 Å². The summed E-state index contributed by atoms with van der Waals surface area (Å²) in [6, 6.07) is 7.51. The van der Waals surface area contributed by atoms with Gasteiger partial charge in [-0.2, -0.15) is 0 Å². The van der Waals surface area contributed by atoms with Gasteiger partial charge in [-0.1, -0.05) is 26.0 Å². The third-order valence-electron chi connectivity index (χ3n) is 2.73. The quantitative estimate of drug-likeness (QED) is 0.594. The molecule has 0 amide bonds. The normalized spacial score (nSPS) is 21.8. The number of hydrogen-bond acceptors (Lipinski definition) is 4. The second kappa shape index (κ2) is 5.40. The lowest BCUT2D eigenvalue weighted by Gasteiger charge is -2.05. The summed E-state index contributed by atoms with van der Waals surface area (Å²) in [5, 5.41) is 0. The molecule has 2 atom stereocenters. The van der Waals surface area contributed by atoms with Gasteiger partial charge in [-0.25, -0.2) is 4.79 Å². The number of carbonyl (C=O) groups excluding carboxylic acids is 1. The molecule has 1 aliphatic rings. The van der Waals surface area contributed by atoms with E-state index in [1.54, 1.807) is 7.11 Å². The minimum absolute atomic E-state index is 0.171. The van der Waals surface area contributed by atoms with Gasteiger partial charge in [-0.3, -0.25) is 0 Å². The van der Waals surface area contributed by atoms with Gasteiger partial charge in [0.1, 0.15) is 11.9 Å². The molecule has 2 rings (SSSR count). The van der Waals surface area contributed by atoms with Crippen molar-refractivity contribution < 1.29 is 19.0 Å². The summed E-state index contributed by atoms with van der Waals surface area (Å²) < 4.78 is 15.6. The molecule has 98 valence electrons. The highest BCUT2D eigenvalue weighted by Crippen LogP contribution is 2.39. The maximum absolute atomic E-state index is 11.6. The molecule has 0 radical (unpaired) electrons. The molecule has 1 fully saturated rings. The van der Waals surface area contributed by atoms with Crippen LogP contribution in [-0.4, -0.2) is 25.8 Å². The molecule has 0 saturated carbocycles. The molecule has 18 heavy (non-hydrogen) atoms. The Kier molecular flexibility index (Phi) is 3.87. The number of esters is 1. The summed E-state index contributed by atoms with van der Waals surface area (Å²) >= 11 is 0. The van der Waals surface area contributed by atoms with E-state index < -0.39 is 6.10 Å². The van der Waals surface area contributed by atoms with Crippen molar-refractivity contribution in [3.05, 3.63) is 29.8 Å². The van der Waals surface area contributed by atoms with Gasteiger partial charge in [0, 0.05) is 0 Å². The maximum Gasteiger partial charge on any atom is 0.338 e. The number of epoxide rings is 1. The Morgan fingerprint density at radius 3 is 2.56 bits per heavy atom. The van der Waals surface area contributed by atoms with Crippen LogP contribution in [0.1, 0.15) is 25.5 Å². The fraction of sp³-hybridized carbons (Fsp3) is 0.500. The Labute approximate surface area is 107 Å². The van der Waals surface area contributed by atoms with Crippen LogP contribution in [0.5, 0.6) is 5.75 Å². The average Bonchev–Trinajstić information content (AvgIpc) is 3.16.